The first kappa shape index (κ1) is 19.3. The van der Waals surface area contributed by atoms with Gasteiger partial charge in [0.2, 0.25) is 5.91 Å². The fraction of sp³-hybridized carbons (Fsp3) is 0.381. The molecular formula is C21H23ClN2O3S. The van der Waals surface area contributed by atoms with Crippen LogP contribution in [0.25, 0.3) is 0 Å². The van der Waals surface area contributed by atoms with Crippen LogP contribution in [0.4, 0.5) is 11.4 Å². The van der Waals surface area contributed by atoms with Gasteiger partial charge in [0.15, 0.2) is 0 Å². The standard InChI is InChI=1S/C21H23ClN2O3S/c1-13-4-7-15(10-18(13)22)23-28(26,27)16-8-9-19-17(11-16)21(2,3)12-24(19)20(25)14-5-6-14/h4,7-11,14,23H,5-6,12H2,1-3H3. The van der Waals surface area contributed by atoms with Crippen LogP contribution >= 0.6 is 11.6 Å². The van der Waals surface area contributed by atoms with Gasteiger partial charge in [-0.2, -0.15) is 0 Å². The maximum Gasteiger partial charge on any atom is 0.261 e. The van der Waals surface area contributed by atoms with Crippen molar-refractivity contribution in [1.82, 2.24) is 0 Å². The number of rotatable bonds is 4. The van der Waals surface area contributed by atoms with Gasteiger partial charge in [-0.3, -0.25) is 9.52 Å². The SMILES string of the molecule is Cc1ccc(NS(=O)(=O)c2ccc3c(c2)C(C)(C)CN3C(=O)C2CC2)cc1Cl. The average molecular weight is 419 g/mol. The van der Waals surface area contributed by atoms with E-state index in [0.717, 1.165) is 29.7 Å². The van der Waals surface area contributed by atoms with E-state index in [0.29, 0.717) is 17.3 Å². The first-order chi connectivity index (χ1) is 13.1. The molecule has 2 aliphatic rings. The second kappa shape index (κ2) is 6.49. The Morgan fingerprint density at radius 1 is 1.18 bits per heavy atom. The molecule has 1 N–H and O–H groups in total. The lowest BCUT2D eigenvalue weighted by Crippen LogP contribution is -2.34. The molecule has 0 spiro atoms. The van der Waals surface area contributed by atoms with Crippen LogP contribution in [0.5, 0.6) is 0 Å². The Balaban J connectivity index is 1.67. The van der Waals surface area contributed by atoms with Gasteiger partial charge >= 0.3 is 0 Å². The molecule has 1 amide bonds. The van der Waals surface area contributed by atoms with Gasteiger partial charge in [0.1, 0.15) is 0 Å². The highest BCUT2D eigenvalue weighted by molar-refractivity contribution is 7.92. The largest absolute Gasteiger partial charge is 0.311 e. The molecule has 1 aliphatic carbocycles. The van der Waals surface area contributed by atoms with Crippen molar-refractivity contribution in [3.8, 4) is 0 Å². The molecular weight excluding hydrogens is 396 g/mol. The third kappa shape index (κ3) is 3.40. The number of benzene rings is 2. The molecule has 1 heterocycles. The van der Waals surface area contributed by atoms with Crippen molar-refractivity contribution in [2.45, 2.75) is 43.9 Å². The smallest absolute Gasteiger partial charge is 0.261 e. The molecule has 0 unspecified atom stereocenters. The van der Waals surface area contributed by atoms with Crippen LogP contribution in [0.3, 0.4) is 0 Å². The van der Waals surface area contributed by atoms with E-state index in [1.165, 1.54) is 0 Å². The summed E-state index contributed by atoms with van der Waals surface area (Å²) in [5.41, 5.74) is 2.69. The van der Waals surface area contributed by atoms with E-state index in [4.69, 9.17) is 11.6 Å². The number of fused-ring (bicyclic) bond motifs is 1. The van der Waals surface area contributed by atoms with E-state index in [2.05, 4.69) is 4.72 Å². The van der Waals surface area contributed by atoms with E-state index >= 15 is 0 Å². The summed E-state index contributed by atoms with van der Waals surface area (Å²) in [4.78, 5) is 14.6. The number of halogens is 1. The summed E-state index contributed by atoms with van der Waals surface area (Å²) in [6.45, 7) is 6.51. The Kier molecular flexibility index (Phi) is 4.47. The van der Waals surface area contributed by atoms with Crippen molar-refractivity contribution in [1.29, 1.82) is 0 Å². The van der Waals surface area contributed by atoms with Crippen LogP contribution in [-0.2, 0) is 20.2 Å². The maximum atomic E-state index is 12.9. The number of sulfonamides is 1. The molecule has 5 nitrogen and oxygen atoms in total. The third-order valence-electron chi connectivity index (χ3n) is 5.47. The summed E-state index contributed by atoms with van der Waals surface area (Å²) in [7, 11) is -3.77. The average Bonchev–Trinajstić information content (AvgIpc) is 3.43. The van der Waals surface area contributed by atoms with E-state index in [-0.39, 0.29) is 22.1 Å². The van der Waals surface area contributed by atoms with Gasteiger partial charge in [0.05, 0.1) is 10.6 Å². The number of anilines is 2. The topological polar surface area (TPSA) is 66.5 Å². The lowest BCUT2D eigenvalue weighted by atomic mass is 9.87. The van der Waals surface area contributed by atoms with Crippen LogP contribution in [-0.4, -0.2) is 20.9 Å². The number of nitrogens with one attached hydrogen (secondary N) is 1. The van der Waals surface area contributed by atoms with Crippen LogP contribution in [0.15, 0.2) is 41.3 Å². The van der Waals surface area contributed by atoms with Gasteiger partial charge in [-0.15, -0.1) is 0 Å². The fourth-order valence-electron chi connectivity index (χ4n) is 3.64. The van der Waals surface area contributed by atoms with Crippen LogP contribution in [0.2, 0.25) is 5.02 Å². The minimum absolute atomic E-state index is 0.123. The molecule has 0 atom stereocenters. The van der Waals surface area contributed by atoms with E-state index < -0.39 is 10.0 Å². The number of carbonyl (C=O) groups is 1. The van der Waals surface area contributed by atoms with Gasteiger partial charge in [-0.05, 0) is 61.2 Å². The molecule has 148 valence electrons. The number of nitrogens with zero attached hydrogens (tertiary/aromatic N) is 1. The predicted octanol–water partition coefficient (Wildman–Crippen LogP) is 4.48. The van der Waals surface area contributed by atoms with Crippen LogP contribution < -0.4 is 9.62 Å². The van der Waals surface area contributed by atoms with Crippen molar-refractivity contribution in [2.24, 2.45) is 5.92 Å². The first-order valence-corrected chi connectivity index (χ1v) is 11.2. The Morgan fingerprint density at radius 2 is 1.89 bits per heavy atom. The van der Waals surface area contributed by atoms with Crippen molar-refractivity contribution < 1.29 is 13.2 Å². The Labute approximate surface area is 170 Å². The van der Waals surface area contributed by atoms with Crippen molar-refractivity contribution in [3.05, 3.63) is 52.5 Å². The first-order valence-electron chi connectivity index (χ1n) is 9.33. The highest BCUT2D eigenvalue weighted by Crippen LogP contribution is 2.44. The van der Waals surface area contributed by atoms with Crippen molar-refractivity contribution in [2.75, 3.05) is 16.2 Å². The molecule has 0 saturated heterocycles. The van der Waals surface area contributed by atoms with Gasteiger partial charge in [-0.1, -0.05) is 31.5 Å². The molecule has 1 fully saturated rings. The summed E-state index contributed by atoms with van der Waals surface area (Å²) in [6, 6.07) is 10.1. The van der Waals surface area contributed by atoms with Gasteiger partial charge in [-0.25, -0.2) is 8.42 Å². The molecule has 7 heteroatoms. The molecule has 0 aromatic heterocycles. The number of hydrogen-bond donors (Lipinski definition) is 1. The summed E-state index contributed by atoms with van der Waals surface area (Å²) in [5, 5.41) is 0.504. The van der Waals surface area contributed by atoms with E-state index in [1.54, 1.807) is 36.4 Å². The summed E-state index contributed by atoms with van der Waals surface area (Å²) in [5.74, 6) is 0.271. The number of aryl methyl sites for hydroxylation is 1. The zero-order valence-electron chi connectivity index (χ0n) is 16.1. The van der Waals surface area contributed by atoms with E-state index in [9.17, 15) is 13.2 Å². The molecule has 1 aliphatic heterocycles. The van der Waals surface area contributed by atoms with E-state index in [1.807, 2.05) is 25.7 Å². The monoisotopic (exact) mass is 418 g/mol. The summed E-state index contributed by atoms with van der Waals surface area (Å²) < 4.78 is 28.4. The predicted molar refractivity (Wildman–Crippen MR) is 112 cm³/mol. The Bertz CT molecular complexity index is 1080. The highest BCUT2D eigenvalue weighted by atomic mass is 35.5. The lowest BCUT2D eigenvalue weighted by Gasteiger charge is -2.20. The Morgan fingerprint density at radius 3 is 2.54 bits per heavy atom. The Hall–Kier alpha value is -2.05. The van der Waals surface area contributed by atoms with Crippen LogP contribution in [0, 0.1) is 12.8 Å². The van der Waals surface area contributed by atoms with Gasteiger partial charge in [0.25, 0.3) is 10.0 Å². The van der Waals surface area contributed by atoms with Crippen LogP contribution in [0.1, 0.15) is 37.8 Å². The molecule has 0 radical (unpaired) electrons. The zero-order valence-corrected chi connectivity index (χ0v) is 17.7. The molecule has 2 aromatic carbocycles. The lowest BCUT2D eigenvalue weighted by molar-refractivity contribution is -0.119. The van der Waals surface area contributed by atoms with Gasteiger partial charge in [0, 0.05) is 28.6 Å². The molecule has 4 rings (SSSR count). The number of amides is 1. The number of hydrogen-bond acceptors (Lipinski definition) is 3. The molecule has 0 bridgehead atoms. The van der Waals surface area contributed by atoms with Gasteiger partial charge < -0.3 is 4.90 Å². The molecule has 1 saturated carbocycles. The second-order valence-corrected chi connectivity index (χ2v) is 10.4. The quantitative estimate of drug-likeness (QED) is 0.795. The minimum atomic E-state index is -3.77. The normalized spacial score (nSPS) is 18.1. The summed E-state index contributed by atoms with van der Waals surface area (Å²) >= 11 is 6.11. The molecule has 28 heavy (non-hydrogen) atoms. The second-order valence-electron chi connectivity index (χ2n) is 8.33. The van der Waals surface area contributed by atoms with Crippen molar-refractivity contribution >= 4 is 38.9 Å². The summed E-state index contributed by atoms with van der Waals surface area (Å²) in [6.07, 6.45) is 1.89. The molecule has 2 aromatic rings. The number of carbonyl (C=O) groups excluding carboxylic acids is 1. The minimum Gasteiger partial charge on any atom is -0.311 e. The maximum absolute atomic E-state index is 12.9. The van der Waals surface area contributed by atoms with Crippen molar-refractivity contribution in [3.63, 3.8) is 0 Å². The third-order valence-corrected chi connectivity index (χ3v) is 7.25. The highest BCUT2D eigenvalue weighted by Gasteiger charge is 2.43. The zero-order chi connectivity index (χ0) is 20.3. The fourth-order valence-corrected chi connectivity index (χ4v) is 4.90.